The van der Waals surface area contributed by atoms with Crippen LogP contribution >= 0.6 is 0 Å². The number of aromatic nitrogens is 2. The molecule has 0 saturated heterocycles. The van der Waals surface area contributed by atoms with Gasteiger partial charge in [-0.3, -0.25) is 8.78 Å². The minimum absolute atomic E-state index is 0.344. The molecule has 4 nitrogen and oxygen atoms in total. The first-order chi connectivity index (χ1) is 16.0. The van der Waals surface area contributed by atoms with Crippen LogP contribution in [0.5, 0.6) is 0 Å². The lowest BCUT2D eigenvalue weighted by atomic mass is 9.96. The van der Waals surface area contributed by atoms with Crippen LogP contribution in [0.4, 0.5) is 0 Å². The van der Waals surface area contributed by atoms with E-state index in [2.05, 4.69) is 73.9 Å². The highest BCUT2D eigenvalue weighted by Gasteiger charge is 2.35. The van der Waals surface area contributed by atoms with Crippen LogP contribution in [-0.4, -0.2) is 25.1 Å². The van der Waals surface area contributed by atoms with Gasteiger partial charge in [0.2, 0.25) is 0 Å². The van der Waals surface area contributed by atoms with Crippen molar-refractivity contribution >= 4 is 9.93 Å². The van der Waals surface area contributed by atoms with Crippen LogP contribution in [0.15, 0.2) is 76.7 Å². The zero-order valence-corrected chi connectivity index (χ0v) is 21.5. The van der Waals surface area contributed by atoms with E-state index in [0.717, 1.165) is 43.6 Å². The second kappa shape index (κ2) is 7.76. The van der Waals surface area contributed by atoms with Crippen molar-refractivity contribution in [3.05, 3.63) is 83.7 Å². The van der Waals surface area contributed by atoms with Gasteiger partial charge in [0.05, 0.1) is 11.4 Å². The largest absolute Gasteiger partial charge is 0.384 e. The predicted molar refractivity (Wildman–Crippen MR) is 141 cm³/mol. The van der Waals surface area contributed by atoms with Crippen molar-refractivity contribution in [1.82, 2.24) is 9.55 Å². The Labute approximate surface area is 202 Å². The van der Waals surface area contributed by atoms with Gasteiger partial charge in [-0.2, -0.15) is 0 Å². The van der Waals surface area contributed by atoms with Crippen molar-refractivity contribution < 1.29 is 9.32 Å². The molecular formula is C29H32N2O2S. The zero-order valence-electron chi connectivity index (χ0n) is 20.6. The highest BCUT2D eigenvalue weighted by molar-refractivity contribution is 8.07. The number of fused-ring (bicyclic) bond motifs is 1. The maximum Gasteiger partial charge on any atom is 0.145 e. The summed E-state index contributed by atoms with van der Waals surface area (Å²) in [6.07, 6.45) is 3.79. The van der Waals surface area contributed by atoms with Crippen LogP contribution in [0.25, 0.3) is 28.2 Å². The Hall–Kier alpha value is -3.02. The second-order valence-corrected chi connectivity index (χ2v) is 13.1. The van der Waals surface area contributed by atoms with E-state index in [0.29, 0.717) is 11.6 Å². The third kappa shape index (κ3) is 3.73. The van der Waals surface area contributed by atoms with Gasteiger partial charge in [-0.1, -0.05) is 60.2 Å². The van der Waals surface area contributed by atoms with Crippen LogP contribution < -0.4 is 0 Å². The van der Waals surface area contributed by atoms with Crippen molar-refractivity contribution in [1.29, 1.82) is 0 Å². The number of imidazole rings is 1. The Morgan fingerprint density at radius 2 is 1.65 bits per heavy atom. The normalized spacial score (nSPS) is 15.3. The monoisotopic (exact) mass is 472 g/mol. The molecule has 1 aliphatic rings. The molecule has 0 radical (unpaired) electrons. The number of aryl methyl sites for hydroxylation is 1. The molecule has 3 aromatic carbocycles. The molecule has 4 aromatic rings. The summed E-state index contributed by atoms with van der Waals surface area (Å²) in [6, 6.07) is 20.9. The van der Waals surface area contributed by atoms with E-state index >= 15 is 0 Å². The highest BCUT2D eigenvalue weighted by atomic mass is 32.3. The third-order valence-electron chi connectivity index (χ3n) is 6.79. The van der Waals surface area contributed by atoms with Crippen LogP contribution in [0.1, 0.15) is 50.4 Å². The number of nitrogens with zero attached hydrogens (tertiary/aromatic N) is 2. The molecular weight excluding hydrogens is 440 g/mol. The van der Waals surface area contributed by atoms with Crippen LogP contribution in [0, 0.1) is 6.92 Å². The number of benzene rings is 3. The zero-order chi connectivity index (χ0) is 24.4. The van der Waals surface area contributed by atoms with Crippen LogP contribution in [0.2, 0.25) is 0 Å². The van der Waals surface area contributed by atoms with Crippen molar-refractivity contribution in [3.63, 3.8) is 0 Å². The summed E-state index contributed by atoms with van der Waals surface area (Å²) in [5, 5.41) is 10.7. The molecule has 1 aromatic heterocycles. The summed E-state index contributed by atoms with van der Waals surface area (Å²) in [4.78, 5) is 6.92. The molecule has 0 amide bonds. The molecule has 0 unspecified atom stereocenters. The molecule has 1 N–H and O–H groups in total. The topological polar surface area (TPSA) is 55.1 Å². The molecule has 0 spiro atoms. The first kappa shape index (κ1) is 22.8. The SMILES string of the molecule is Cc1cc(-c2ccc3c(c2)[SH]3(C)=O)ccc1-n1cc(C(C)(C)O)nc1-c1ccccc1C(C)C. The van der Waals surface area contributed by atoms with Gasteiger partial charge < -0.3 is 5.11 Å². The number of thiol groups is 1. The smallest absolute Gasteiger partial charge is 0.145 e. The van der Waals surface area contributed by atoms with Crippen LogP contribution in [0.3, 0.4) is 0 Å². The first-order valence-electron chi connectivity index (χ1n) is 11.7. The van der Waals surface area contributed by atoms with Gasteiger partial charge in [-0.25, -0.2) is 4.98 Å². The quantitative estimate of drug-likeness (QED) is 0.267. The minimum atomic E-state index is -2.21. The van der Waals surface area contributed by atoms with Crippen molar-refractivity contribution in [2.24, 2.45) is 0 Å². The molecule has 34 heavy (non-hydrogen) atoms. The number of aliphatic hydroxyl groups is 1. The molecule has 1 aliphatic heterocycles. The molecule has 0 atom stereocenters. The second-order valence-electron chi connectivity index (χ2n) is 10.2. The fraction of sp³-hybridized carbons (Fsp3) is 0.276. The summed E-state index contributed by atoms with van der Waals surface area (Å²) in [5.74, 6) is 1.17. The van der Waals surface area contributed by atoms with Gasteiger partial charge in [-0.05, 0) is 79.5 Å². The Balaban J connectivity index is 1.64. The van der Waals surface area contributed by atoms with Crippen molar-refractivity contribution in [2.75, 3.05) is 6.26 Å². The summed E-state index contributed by atoms with van der Waals surface area (Å²) < 4.78 is 14.6. The van der Waals surface area contributed by atoms with E-state index < -0.39 is 15.5 Å². The average Bonchev–Trinajstić information content (AvgIpc) is 3.11. The van der Waals surface area contributed by atoms with E-state index in [1.807, 2.05) is 24.6 Å². The summed E-state index contributed by atoms with van der Waals surface area (Å²) in [7, 11) is -2.21. The van der Waals surface area contributed by atoms with Gasteiger partial charge in [0.1, 0.15) is 11.4 Å². The van der Waals surface area contributed by atoms with E-state index in [9.17, 15) is 9.32 Å². The van der Waals surface area contributed by atoms with E-state index in [4.69, 9.17) is 4.98 Å². The molecule has 2 heterocycles. The Morgan fingerprint density at radius 1 is 0.971 bits per heavy atom. The fourth-order valence-electron chi connectivity index (χ4n) is 4.68. The molecule has 0 fully saturated rings. The highest BCUT2D eigenvalue weighted by Crippen LogP contribution is 2.47. The lowest BCUT2D eigenvalue weighted by Gasteiger charge is -2.16. The standard InChI is InChI=1S/C29H32N2O2S/c1-18(2)22-9-7-8-10-23(22)28-30-27(29(4,5)32)17-31(28)24-13-11-20(15-19(24)3)21-12-14-25-26(16-21)34(25,6)33/h7-18,32,34H,1-6H3. The minimum Gasteiger partial charge on any atom is -0.384 e. The Bertz CT molecular complexity index is 1470. The fourth-order valence-corrected chi connectivity index (χ4v) is 6.69. The van der Waals surface area contributed by atoms with Gasteiger partial charge in [0.15, 0.2) is 0 Å². The summed E-state index contributed by atoms with van der Waals surface area (Å²) >= 11 is 0. The van der Waals surface area contributed by atoms with E-state index in [1.165, 1.54) is 5.56 Å². The number of hydrogen-bond acceptors (Lipinski definition) is 3. The number of rotatable bonds is 5. The number of hydrogen-bond donors (Lipinski definition) is 2. The lowest BCUT2D eigenvalue weighted by molar-refractivity contribution is 0.0743. The van der Waals surface area contributed by atoms with Crippen LogP contribution in [-0.2, 0) is 15.5 Å². The van der Waals surface area contributed by atoms with Gasteiger partial charge >= 0.3 is 0 Å². The van der Waals surface area contributed by atoms with Crippen molar-refractivity contribution in [3.8, 4) is 28.2 Å². The predicted octanol–water partition coefficient (Wildman–Crippen LogP) is 6.24. The van der Waals surface area contributed by atoms with Crippen molar-refractivity contribution in [2.45, 2.75) is 55.9 Å². The maximum atomic E-state index is 12.5. The first-order valence-corrected chi connectivity index (χ1v) is 13.9. The van der Waals surface area contributed by atoms with E-state index in [1.54, 1.807) is 13.8 Å². The van der Waals surface area contributed by atoms with E-state index in [-0.39, 0.29) is 0 Å². The van der Waals surface area contributed by atoms with Gasteiger partial charge in [-0.15, -0.1) is 0 Å². The molecule has 5 rings (SSSR count). The lowest BCUT2D eigenvalue weighted by Crippen LogP contribution is -2.15. The molecule has 0 saturated carbocycles. The summed E-state index contributed by atoms with van der Waals surface area (Å²) in [5.41, 5.74) is 6.18. The Kier molecular flexibility index (Phi) is 5.19. The summed E-state index contributed by atoms with van der Waals surface area (Å²) in [6.45, 7) is 10.0. The average molecular weight is 473 g/mol. The molecule has 176 valence electrons. The van der Waals surface area contributed by atoms with Gasteiger partial charge in [0.25, 0.3) is 0 Å². The maximum absolute atomic E-state index is 12.5. The Morgan fingerprint density at radius 3 is 2.29 bits per heavy atom. The molecule has 0 aliphatic carbocycles. The van der Waals surface area contributed by atoms with Gasteiger partial charge in [0, 0.05) is 21.6 Å². The molecule has 5 heteroatoms. The third-order valence-corrected chi connectivity index (χ3v) is 9.17. The molecule has 0 bridgehead atoms.